The standard InChI is InChI=1S/C19H22ClNO2/c1-19(2)10-16-18(17(22)11-19)13(8-9-21(16)3)12-23-15-6-4-14(20)5-7-15/h4-7,12H,8-11H2,1-3H3/b13-12+. The van der Waals surface area contributed by atoms with Crippen LogP contribution < -0.4 is 4.74 Å². The third-order valence-corrected chi connectivity index (χ3v) is 4.75. The van der Waals surface area contributed by atoms with Gasteiger partial charge in [-0.25, -0.2) is 0 Å². The van der Waals surface area contributed by atoms with Crippen molar-refractivity contribution in [1.29, 1.82) is 0 Å². The number of rotatable bonds is 2. The summed E-state index contributed by atoms with van der Waals surface area (Å²) in [6.45, 7) is 5.23. The molecule has 0 bridgehead atoms. The lowest BCUT2D eigenvalue weighted by atomic mass is 9.72. The van der Waals surface area contributed by atoms with Gasteiger partial charge in [-0.2, -0.15) is 0 Å². The second kappa shape index (κ2) is 6.04. The van der Waals surface area contributed by atoms with Crippen LogP contribution in [0, 0.1) is 5.41 Å². The molecule has 1 aliphatic carbocycles. The molecule has 0 saturated carbocycles. The van der Waals surface area contributed by atoms with Crippen LogP contribution in [0.5, 0.6) is 5.75 Å². The summed E-state index contributed by atoms with van der Waals surface area (Å²) in [6, 6.07) is 7.25. The average Bonchev–Trinajstić information content (AvgIpc) is 2.48. The van der Waals surface area contributed by atoms with Gasteiger partial charge in [0.25, 0.3) is 0 Å². The second-order valence-corrected chi connectivity index (χ2v) is 7.59. The highest BCUT2D eigenvalue weighted by molar-refractivity contribution is 6.30. The summed E-state index contributed by atoms with van der Waals surface area (Å²) < 4.78 is 5.76. The molecule has 122 valence electrons. The van der Waals surface area contributed by atoms with E-state index < -0.39 is 0 Å². The first-order valence-electron chi connectivity index (χ1n) is 7.95. The van der Waals surface area contributed by atoms with Crippen LogP contribution in [0.25, 0.3) is 0 Å². The van der Waals surface area contributed by atoms with Crippen molar-refractivity contribution in [1.82, 2.24) is 4.90 Å². The van der Waals surface area contributed by atoms with Gasteiger partial charge in [-0.15, -0.1) is 0 Å². The molecule has 0 saturated heterocycles. The van der Waals surface area contributed by atoms with Crippen LogP contribution in [0.4, 0.5) is 0 Å². The smallest absolute Gasteiger partial charge is 0.165 e. The number of hydrogen-bond acceptors (Lipinski definition) is 3. The molecule has 23 heavy (non-hydrogen) atoms. The summed E-state index contributed by atoms with van der Waals surface area (Å²) in [5.41, 5.74) is 3.06. The molecule has 0 unspecified atom stereocenters. The molecule has 0 atom stereocenters. The Morgan fingerprint density at radius 3 is 2.61 bits per heavy atom. The van der Waals surface area contributed by atoms with Gasteiger partial charge in [-0.3, -0.25) is 4.79 Å². The normalized spacial score (nSPS) is 22.3. The first-order chi connectivity index (χ1) is 10.9. The van der Waals surface area contributed by atoms with Gasteiger partial charge in [0, 0.05) is 41.9 Å². The molecular formula is C19H22ClNO2. The van der Waals surface area contributed by atoms with Gasteiger partial charge >= 0.3 is 0 Å². The summed E-state index contributed by atoms with van der Waals surface area (Å²) >= 11 is 5.88. The summed E-state index contributed by atoms with van der Waals surface area (Å²) in [6.07, 6.45) is 4.09. The van der Waals surface area contributed by atoms with Crippen LogP contribution in [0.1, 0.15) is 33.1 Å². The van der Waals surface area contributed by atoms with Gasteiger partial charge in [0.05, 0.1) is 6.26 Å². The van der Waals surface area contributed by atoms with Crippen molar-refractivity contribution in [2.75, 3.05) is 13.6 Å². The van der Waals surface area contributed by atoms with E-state index in [1.54, 1.807) is 18.4 Å². The highest BCUT2D eigenvalue weighted by Crippen LogP contribution is 2.42. The molecule has 3 nitrogen and oxygen atoms in total. The van der Waals surface area contributed by atoms with E-state index in [0.717, 1.165) is 42.0 Å². The van der Waals surface area contributed by atoms with Gasteiger partial charge in [0.2, 0.25) is 0 Å². The minimum atomic E-state index is 0.0314. The van der Waals surface area contributed by atoms with Crippen molar-refractivity contribution in [2.24, 2.45) is 5.41 Å². The zero-order chi connectivity index (χ0) is 16.6. The number of benzene rings is 1. The Morgan fingerprint density at radius 1 is 1.22 bits per heavy atom. The number of Topliss-reactive ketones (excluding diaryl/α,β-unsaturated/α-hetero) is 1. The molecule has 0 amide bonds. The summed E-state index contributed by atoms with van der Waals surface area (Å²) in [5, 5.41) is 0.680. The fourth-order valence-electron chi connectivity index (χ4n) is 3.30. The number of hydrogen-bond donors (Lipinski definition) is 0. The van der Waals surface area contributed by atoms with Crippen molar-refractivity contribution in [3.8, 4) is 5.75 Å². The molecule has 4 heteroatoms. The van der Waals surface area contributed by atoms with E-state index in [1.807, 2.05) is 12.1 Å². The van der Waals surface area contributed by atoms with Crippen LogP contribution in [0.2, 0.25) is 5.02 Å². The SMILES string of the molecule is CN1CC/C(=C\Oc2ccc(Cl)cc2)C2=C1CC(C)(C)CC2=O. The van der Waals surface area contributed by atoms with Gasteiger partial charge in [0.1, 0.15) is 5.75 Å². The maximum Gasteiger partial charge on any atom is 0.165 e. The predicted molar refractivity (Wildman–Crippen MR) is 92.5 cm³/mol. The molecule has 1 aromatic carbocycles. The Kier molecular flexibility index (Phi) is 4.24. The Bertz CT molecular complexity index is 686. The predicted octanol–water partition coefficient (Wildman–Crippen LogP) is 4.58. The van der Waals surface area contributed by atoms with Gasteiger partial charge in [-0.1, -0.05) is 25.4 Å². The lowest BCUT2D eigenvalue weighted by Crippen LogP contribution is -2.36. The number of carbonyl (C=O) groups excluding carboxylic acids is 1. The average molecular weight is 332 g/mol. The molecule has 0 radical (unpaired) electrons. The van der Waals surface area contributed by atoms with Crippen molar-refractivity contribution >= 4 is 17.4 Å². The van der Waals surface area contributed by atoms with E-state index in [9.17, 15) is 4.79 Å². The van der Waals surface area contributed by atoms with E-state index in [4.69, 9.17) is 16.3 Å². The third-order valence-electron chi connectivity index (χ3n) is 4.50. The molecule has 0 fully saturated rings. The molecule has 1 aromatic rings. The second-order valence-electron chi connectivity index (χ2n) is 7.15. The number of ketones is 1. The lowest BCUT2D eigenvalue weighted by Gasteiger charge is -2.40. The fraction of sp³-hybridized carbons (Fsp3) is 0.421. The minimum absolute atomic E-state index is 0.0314. The molecule has 2 aliphatic rings. The number of ether oxygens (including phenoxy) is 1. The molecule has 0 N–H and O–H groups in total. The van der Waals surface area contributed by atoms with Crippen molar-refractivity contribution < 1.29 is 9.53 Å². The zero-order valence-corrected chi connectivity index (χ0v) is 14.6. The summed E-state index contributed by atoms with van der Waals surface area (Å²) in [4.78, 5) is 14.9. The third kappa shape index (κ3) is 3.45. The first kappa shape index (κ1) is 16.1. The lowest BCUT2D eigenvalue weighted by molar-refractivity contribution is -0.118. The Labute approximate surface area is 142 Å². The molecule has 1 aliphatic heterocycles. The first-order valence-corrected chi connectivity index (χ1v) is 8.33. The van der Waals surface area contributed by atoms with Crippen molar-refractivity contribution in [3.63, 3.8) is 0 Å². The van der Waals surface area contributed by atoms with Gasteiger partial charge in [-0.05, 0) is 42.5 Å². The summed E-state index contributed by atoms with van der Waals surface area (Å²) in [7, 11) is 2.07. The van der Waals surface area contributed by atoms with Gasteiger partial charge < -0.3 is 9.64 Å². The Morgan fingerprint density at radius 2 is 1.91 bits per heavy atom. The highest BCUT2D eigenvalue weighted by Gasteiger charge is 2.37. The molecule has 1 heterocycles. The molecular weight excluding hydrogens is 310 g/mol. The molecule has 3 rings (SSSR count). The van der Waals surface area contributed by atoms with Gasteiger partial charge in [0.15, 0.2) is 5.78 Å². The number of allylic oxidation sites excluding steroid dienone is 2. The Balaban J connectivity index is 1.90. The van der Waals surface area contributed by atoms with Crippen molar-refractivity contribution in [2.45, 2.75) is 33.1 Å². The van der Waals surface area contributed by atoms with E-state index in [0.29, 0.717) is 11.4 Å². The number of carbonyl (C=O) groups is 1. The van der Waals surface area contributed by atoms with Crippen LogP contribution in [-0.2, 0) is 4.79 Å². The van der Waals surface area contributed by atoms with Crippen LogP contribution in [0.15, 0.2) is 47.4 Å². The maximum atomic E-state index is 12.7. The van der Waals surface area contributed by atoms with E-state index in [2.05, 4.69) is 25.8 Å². The number of nitrogens with zero attached hydrogens (tertiary/aromatic N) is 1. The molecule has 0 aromatic heterocycles. The number of halogens is 1. The topological polar surface area (TPSA) is 29.5 Å². The van der Waals surface area contributed by atoms with E-state index in [1.165, 1.54) is 0 Å². The summed E-state index contributed by atoms with van der Waals surface area (Å²) in [5.74, 6) is 0.959. The Hall–Kier alpha value is -1.74. The largest absolute Gasteiger partial charge is 0.465 e. The molecule has 0 spiro atoms. The van der Waals surface area contributed by atoms with Crippen molar-refractivity contribution in [3.05, 3.63) is 52.4 Å². The van der Waals surface area contributed by atoms with Crippen LogP contribution in [-0.4, -0.2) is 24.3 Å². The maximum absolute atomic E-state index is 12.7. The van der Waals surface area contributed by atoms with Crippen LogP contribution in [0.3, 0.4) is 0 Å². The van der Waals surface area contributed by atoms with E-state index in [-0.39, 0.29) is 11.2 Å². The van der Waals surface area contributed by atoms with Crippen LogP contribution >= 0.6 is 11.6 Å². The quantitative estimate of drug-likeness (QED) is 0.743. The monoisotopic (exact) mass is 331 g/mol. The minimum Gasteiger partial charge on any atom is -0.465 e. The zero-order valence-electron chi connectivity index (χ0n) is 13.9. The fourth-order valence-corrected chi connectivity index (χ4v) is 3.42. The van der Waals surface area contributed by atoms with E-state index >= 15 is 0 Å². The highest BCUT2D eigenvalue weighted by atomic mass is 35.5.